The molecule has 0 radical (unpaired) electrons. The fraction of sp³-hybridized carbons (Fsp3) is 0.238. The zero-order valence-electron chi connectivity index (χ0n) is 16.0. The Morgan fingerprint density at radius 2 is 1.82 bits per heavy atom. The zero-order valence-corrected chi connectivity index (χ0v) is 16.9. The van der Waals surface area contributed by atoms with Crippen molar-refractivity contribution in [3.05, 3.63) is 71.3 Å². The molecule has 1 aliphatic rings. The summed E-state index contributed by atoms with van der Waals surface area (Å²) in [5.74, 6) is 0.899. The van der Waals surface area contributed by atoms with Gasteiger partial charge in [-0.15, -0.1) is 10.2 Å². The fourth-order valence-corrected chi connectivity index (χ4v) is 4.94. The number of rotatable bonds is 4. The molecule has 0 fully saturated rings. The van der Waals surface area contributed by atoms with E-state index in [1.54, 1.807) is 31.2 Å². The summed E-state index contributed by atoms with van der Waals surface area (Å²) in [6.07, 6.45) is 0.943. The number of nitrogens with one attached hydrogen (secondary N) is 1. The zero-order chi connectivity index (χ0) is 19.9. The van der Waals surface area contributed by atoms with E-state index in [-0.39, 0.29) is 16.8 Å². The molecule has 144 valence electrons. The second-order valence-electron chi connectivity index (χ2n) is 7.20. The third-order valence-electron chi connectivity index (χ3n) is 4.96. The number of aromatic nitrogens is 2. The quantitative estimate of drug-likeness (QED) is 0.724. The molecule has 2 heterocycles. The summed E-state index contributed by atoms with van der Waals surface area (Å²) in [5.41, 5.74) is 4.10. The maximum Gasteiger partial charge on any atom is 0.263 e. The molecule has 6 nitrogen and oxygen atoms in total. The van der Waals surface area contributed by atoms with Gasteiger partial charge in [0.1, 0.15) is 0 Å². The summed E-state index contributed by atoms with van der Waals surface area (Å²) >= 11 is 0. The van der Waals surface area contributed by atoms with E-state index in [0.717, 1.165) is 17.7 Å². The molecule has 4 rings (SSSR count). The minimum atomic E-state index is -3.72. The molecule has 0 spiro atoms. The largest absolute Gasteiger partial charge is 0.321 e. The molecule has 1 N–H and O–H groups in total. The molecule has 1 atom stereocenters. The van der Waals surface area contributed by atoms with Crippen LogP contribution in [0.25, 0.3) is 0 Å². The number of anilines is 3. The Labute approximate surface area is 165 Å². The van der Waals surface area contributed by atoms with Crippen molar-refractivity contribution in [2.24, 2.45) is 0 Å². The number of hydrogen-bond acceptors (Lipinski definition) is 5. The maximum absolute atomic E-state index is 12.7. The molecule has 0 saturated carbocycles. The van der Waals surface area contributed by atoms with E-state index < -0.39 is 10.0 Å². The number of hydrogen-bond donors (Lipinski definition) is 1. The number of benzene rings is 2. The SMILES string of the molecule is Cc1ccc(S(=O)(=O)Nc2ccc(N3c4ccccc4CC3C)nn2)c(C)c1. The lowest BCUT2D eigenvalue weighted by atomic mass is 10.1. The van der Waals surface area contributed by atoms with Crippen molar-refractivity contribution in [1.29, 1.82) is 0 Å². The fourth-order valence-electron chi connectivity index (χ4n) is 3.72. The van der Waals surface area contributed by atoms with Crippen LogP contribution in [-0.4, -0.2) is 24.7 Å². The van der Waals surface area contributed by atoms with E-state index in [1.165, 1.54) is 5.56 Å². The molecule has 7 heteroatoms. The minimum Gasteiger partial charge on any atom is -0.321 e. The van der Waals surface area contributed by atoms with Gasteiger partial charge >= 0.3 is 0 Å². The van der Waals surface area contributed by atoms with Crippen molar-refractivity contribution in [2.75, 3.05) is 9.62 Å². The van der Waals surface area contributed by atoms with Gasteiger partial charge in [-0.25, -0.2) is 8.42 Å². The predicted octanol–water partition coefficient (Wildman–Crippen LogP) is 3.98. The van der Waals surface area contributed by atoms with Crippen LogP contribution >= 0.6 is 0 Å². The van der Waals surface area contributed by atoms with Crippen LogP contribution in [0.4, 0.5) is 17.3 Å². The van der Waals surface area contributed by atoms with E-state index in [1.807, 2.05) is 25.1 Å². The summed E-state index contributed by atoms with van der Waals surface area (Å²) in [5, 5.41) is 8.38. The lowest BCUT2D eigenvalue weighted by Crippen LogP contribution is -2.25. The molecular weight excluding hydrogens is 372 g/mol. The van der Waals surface area contributed by atoms with E-state index in [0.29, 0.717) is 11.4 Å². The molecule has 1 aromatic heterocycles. The van der Waals surface area contributed by atoms with Crippen LogP contribution in [0.2, 0.25) is 0 Å². The number of nitrogens with zero attached hydrogens (tertiary/aromatic N) is 3. The molecule has 0 saturated heterocycles. The molecule has 28 heavy (non-hydrogen) atoms. The summed E-state index contributed by atoms with van der Waals surface area (Å²) in [6, 6.07) is 17.2. The predicted molar refractivity (Wildman–Crippen MR) is 111 cm³/mol. The van der Waals surface area contributed by atoms with Gasteiger partial charge in [0.25, 0.3) is 10.0 Å². The van der Waals surface area contributed by atoms with Crippen LogP contribution in [0.1, 0.15) is 23.6 Å². The van der Waals surface area contributed by atoms with Gasteiger partial charge in [-0.1, -0.05) is 35.9 Å². The normalized spacial score (nSPS) is 16.1. The van der Waals surface area contributed by atoms with Gasteiger partial charge in [0, 0.05) is 11.7 Å². The van der Waals surface area contributed by atoms with Crippen LogP contribution in [0.5, 0.6) is 0 Å². The first-order valence-corrected chi connectivity index (χ1v) is 10.6. The van der Waals surface area contributed by atoms with Crippen molar-refractivity contribution in [2.45, 2.75) is 38.1 Å². The van der Waals surface area contributed by atoms with E-state index in [9.17, 15) is 8.42 Å². The lowest BCUT2D eigenvalue weighted by Gasteiger charge is -2.23. The molecule has 3 aromatic rings. The standard InChI is InChI=1S/C21H22N4O2S/c1-14-8-9-19(15(2)12-14)28(26,27)24-20-10-11-21(23-22-20)25-16(3)13-17-6-4-5-7-18(17)25/h4-12,16H,13H2,1-3H3,(H,22,24). The summed E-state index contributed by atoms with van der Waals surface area (Å²) < 4.78 is 27.9. The Hall–Kier alpha value is -2.93. The van der Waals surface area contributed by atoms with Crippen molar-refractivity contribution < 1.29 is 8.42 Å². The van der Waals surface area contributed by atoms with Gasteiger partial charge in [-0.05, 0) is 62.6 Å². The van der Waals surface area contributed by atoms with Crippen LogP contribution in [-0.2, 0) is 16.4 Å². The Morgan fingerprint density at radius 1 is 1.04 bits per heavy atom. The number of aryl methyl sites for hydroxylation is 2. The van der Waals surface area contributed by atoms with Gasteiger partial charge in [-0.3, -0.25) is 4.72 Å². The van der Waals surface area contributed by atoms with E-state index >= 15 is 0 Å². The molecular formula is C21H22N4O2S. The van der Waals surface area contributed by atoms with E-state index in [4.69, 9.17) is 0 Å². The van der Waals surface area contributed by atoms with Crippen LogP contribution in [0.15, 0.2) is 59.5 Å². The molecule has 2 aromatic carbocycles. The third-order valence-corrected chi connectivity index (χ3v) is 6.48. The van der Waals surface area contributed by atoms with Crippen LogP contribution in [0.3, 0.4) is 0 Å². The number of para-hydroxylation sites is 1. The first kappa shape index (κ1) is 18.4. The highest BCUT2D eigenvalue weighted by molar-refractivity contribution is 7.92. The van der Waals surface area contributed by atoms with Crippen molar-refractivity contribution in [3.8, 4) is 0 Å². The highest BCUT2D eigenvalue weighted by Gasteiger charge is 2.28. The van der Waals surface area contributed by atoms with Crippen molar-refractivity contribution in [3.63, 3.8) is 0 Å². The third kappa shape index (κ3) is 3.33. The van der Waals surface area contributed by atoms with Gasteiger partial charge in [-0.2, -0.15) is 0 Å². The Bertz CT molecular complexity index is 1130. The first-order chi connectivity index (χ1) is 13.3. The van der Waals surface area contributed by atoms with E-state index in [2.05, 4.69) is 38.9 Å². The smallest absolute Gasteiger partial charge is 0.263 e. The van der Waals surface area contributed by atoms with Gasteiger partial charge in [0.2, 0.25) is 0 Å². The highest BCUT2D eigenvalue weighted by atomic mass is 32.2. The molecule has 1 unspecified atom stereocenters. The molecule has 0 aliphatic carbocycles. The average Bonchev–Trinajstić information content (AvgIpc) is 2.97. The molecule has 0 bridgehead atoms. The minimum absolute atomic E-state index is 0.198. The second-order valence-corrected chi connectivity index (χ2v) is 8.85. The van der Waals surface area contributed by atoms with Crippen LogP contribution in [0, 0.1) is 13.8 Å². The monoisotopic (exact) mass is 394 g/mol. The molecule has 1 aliphatic heterocycles. The summed E-state index contributed by atoms with van der Waals surface area (Å²) in [7, 11) is -3.72. The topological polar surface area (TPSA) is 75.2 Å². The average molecular weight is 395 g/mol. The maximum atomic E-state index is 12.7. The van der Waals surface area contributed by atoms with Crippen LogP contribution < -0.4 is 9.62 Å². The summed E-state index contributed by atoms with van der Waals surface area (Å²) in [6.45, 7) is 5.85. The van der Waals surface area contributed by atoms with Crippen molar-refractivity contribution >= 4 is 27.3 Å². The molecule has 0 amide bonds. The van der Waals surface area contributed by atoms with Gasteiger partial charge < -0.3 is 4.90 Å². The van der Waals surface area contributed by atoms with Gasteiger partial charge in [0.05, 0.1) is 4.90 Å². The van der Waals surface area contributed by atoms with Crippen molar-refractivity contribution in [1.82, 2.24) is 10.2 Å². The first-order valence-electron chi connectivity index (χ1n) is 9.16. The summed E-state index contributed by atoms with van der Waals surface area (Å²) in [4.78, 5) is 2.37. The number of sulfonamides is 1. The Morgan fingerprint density at radius 3 is 2.54 bits per heavy atom. The second kappa shape index (κ2) is 6.91. The Balaban J connectivity index is 1.59. The van der Waals surface area contributed by atoms with Gasteiger partial charge in [0.15, 0.2) is 11.6 Å². The highest BCUT2D eigenvalue weighted by Crippen LogP contribution is 2.37. The lowest BCUT2D eigenvalue weighted by molar-refractivity contribution is 0.600. The number of fused-ring (bicyclic) bond motifs is 1. The Kier molecular flexibility index (Phi) is 4.55.